The van der Waals surface area contributed by atoms with Gasteiger partial charge in [-0.15, -0.1) is 0 Å². The van der Waals surface area contributed by atoms with Gasteiger partial charge in [0.2, 0.25) is 5.91 Å². The SMILES string of the molecule is COc1ccccc1OCCn1c([C@H]2CC(=O)N(Cc3ccccc3)C2)nc2ccccc21. The molecule has 0 spiro atoms. The number of nitrogens with zero attached hydrogens (tertiary/aromatic N) is 3. The van der Waals surface area contributed by atoms with E-state index in [2.05, 4.69) is 22.8 Å². The van der Waals surface area contributed by atoms with E-state index in [1.807, 2.05) is 65.6 Å². The summed E-state index contributed by atoms with van der Waals surface area (Å²) in [5, 5.41) is 0. The van der Waals surface area contributed by atoms with E-state index in [1.54, 1.807) is 7.11 Å². The van der Waals surface area contributed by atoms with Crippen molar-refractivity contribution < 1.29 is 14.3 Å². The monoisotopic (exact) mass is 441 g/mol. The Morgan fingerprint density at radius 2 is 1.67 bits per heavy atom. The number of para-hydroxylation sites is 4. The van der Waals surface area contributed by atoms with E-state index >= 15 is 0 Å². The number of imidazole rings is 1. The zero-order valence-corrected chi connectivity index (χ0v) is 18.7. The van der Waals surface area contributed by atoms with Crippen molar-refractivity contribution in [1.29, 1.82) is 0 Å². The molecule has 6 nitrogen and oxygen atoms in total. The molecule has 6 heteroatoms. The minimum Gasteiger partial charge on any atom is -0.493 e. The van der Waals surface area contributed by atoms with Crippen molar-refractivity contribution in [2.45, 2.75) is 25.4 Å². The van der Waals surface area contributed by atoms with Crippen molar-refractivity contribution in [3.05, 3.63) is 90.3 Å². The normalized spacial score (nSPS) is 15.8. The third kappa shape index (κ3) is 4.42. The summed E-state index contributed by atoms with van der Waals surface area (Å²) >= 11 is 0. The third-order valence-corrected chi connectivity index (χ3v) is 6.12. The second-order valence-electron chi connectivity index (χ2n) is 8.27. The first-order chi connectivity index (χ1) is 16.2. The molecule has 0 aliphatic carbocycles. The number of carbonyl (C=O) groups excluding carboxylic acids is 1. The maximum atomic E-state index is 12.8. The van der Waals surface area contributed by atoms with Gasteiger partial charge in [0.05, 0.1) is 24.7 Å². The van der Waals surface area contributed by atoms with Gasteiger partial charge in [0.25, 0.3) is 0 Å². The maximum Gasteiger partial charge on any atom is 0.223 e. The fourth-order valence-corrected chi connectivity index (χ4v) is 4.53. The van der Waals surface area contributed by atoms with E-state index in [1.165, 1.54) is 0 Å². The molecular weight excluding hydrogens is 414 g/mol. The van der Waals surface area contributed by atoms with Crippen molar-refractivity contribution in [2.75, 3.05) is 20.3 Å². The fourth-order valence-electron chi connectivity index (χ4n) is 4.53. The van der Waals surface area contributed by atoms with E-state index in [-0.39, 0.29) is 11.8 Å². The second kappa shape index (κ2) is 9.36. The molecule has 1 aliphatic heterocycles. The summed E-state index contributed by atoms with van der Waals surface area (Å²) in [7, 11) is 1.64. The van der Waals surface area contributed by atoms with E-state index < -0.39 is 0 Å². The number of likely N-dealkylation sites (tertiary alicyclic amines) is 1. The highest BCUT2D eigenvalue weighted by Gasteiger charge is 2.34. The lowest BCUT2D eigenvalue weighted by Crippen LogP contribution is -2.24. The van der Waals surface area contributed by atoms with E-state index in [4.69, 9.17) is 14.5 Å². The van der Waals surface area contributed by atoms with Gasteiger partial charge in [0.15, 0.2) is 11.5 Å². The molecule has 1 aliphatic rings. The number of fused-ring (bicyclic) bond motifs is 1. The molecule has 1 amide bonds. The number of rotatable bonds is 8. The average Bonchev–Trinajstić information content (AvgIpc) is 3.40. The highest BCUT2D eigenvalue weighted by molar-refractivity contribution is 5.81. The molecule has 4 aromatic rings. The van der Waals surface area contributed by atoms with Crippen LogP contribution in [0.15, 0.2) is 78.9 Å². The maximum absolute atomic E-state index is 12.8. The largest absolute Gasteiger partial charge is 0.493 e. The number of amides is 1. The number of carbonyl (C=O) groups is 1. The van der Waals surface area contributed by atoms with Crippen molar-refractivity contribution in [1.82, 2.24) is 14.5 Å². The zero-order chi connectivity index (χ0) is 22.6. The van der Waals surface area contributed by atoms with Crippen LogP contribution in [0.4, 0.5) is 0 Å². The van der Waals surface area contributed by atoms with Crippen molar-refractivity contribution in [2.24, 2.45) is 0 Å². The van der Waals surface area contributed by atoms with Crippen LogP contribution in [0, 0.1) is 0 Å². The molecule has 1 saturated heterocycles. The molecule has 33 heavy (non-hydrogen) atoms. The molecule has 0 N–H and O–H groups in total. The Bertz CT molecular complexity index is 1250. The van der Waals surface area contributed by atoms with Gasteiger partial charge < -0.3 is 18.9 Å². The van der Waals surface area contributed by atoms with Gasteiger partial charge >= 0.3 is 0 Å². The Morgan fingerprint density at radius 3 is 2.48 bits per heavy atom. The van der Waals surface area contributed by atoms with Gasteiger partial charge in [-0.2, -0.15) is 0 Å². The van der Waals surface area contributed by atoms with Crippen LogP contribution in [0.2, 0.25) is 0 Å². The Kier molecular flexibility index (Phi) is 5.98. The minimum atomic E-state index is 0.0554. The molecule has 3 aromatic carbocycles. The predicted octanol–water partition coefficient (Wildman–Crippen LogP) is 4.64. The van der Waals surface area contributed by atoms with Crippen LogP contribution in [0.25, 0.3) is 11.0 Å². The summed E-state index contributed by atoms with van der Waals surface area (Å²) in [6.45, 7) is 2.41. The number of ether oxygens (including phenoxy) is 2. The third-order valence-electron chi connectivity index (χ3n) is 6.12. The summed E-state index contributed by atoms with van der Waals surface area (Å²) in [6, 6.07) is 25.9. The van der Waals surface area contributed by atoms with E-state index in [9.17, 15) is 4.79 Å². The molecule has 0 saturated carbocycles. The standard InChI is InChI=1S/C27H27N3O3/c1-32-24-13-7-8-14-25(24)33-16-15-30-23-12-6-5-11-22(23)28-27(30)21-17-26(31)29(19-21)18-20-9-3-2-4-10-20/h2-14,21H,15-19H2,1H3/t21-/m0/s1. The number of methoxy groups -OCH3 is 1. The number of hydrogen-bond donors (Lipinski definition) is 0. The summed E-state index contributed by atoms with van der Waals surface area (Å²) in [4.78, 5) is 19.7. The molecule has 0 radical (unpaired) electrons. The van der Waals surface area contributed by atoms with Crippen molar-refractivity contribution >= 4 is 16.9 Å². The van der Waals surface area contributed by atoms with Crippen LogP contribution < -0.4 is 9.47 Å². The minimum absolute atomic E-state index is 0.0554. The molecule has 168 valence electrons. The fraction of sp³-hybridized carbons (Fsp3) is 0.259. The molecule has 0 bridgehead atoms. The van der Waals surface area contributed by atoms with Crippen molar-refractivity contribution in [3.8, 4) is 11.5 Å². The summed E-state index contributed by atoms with van der Waals surface area (Å²) in [6.07, 6.45) is 0.476. The first-order valence-corrected chi connectivity index (χ1v) is 11.3. The quantitative estimate of drug-likeness (QED) is 0.400. The summed E-state index contributed by atoms with van der Waals surface area (Å²) in [5.74, 6) is 2.61. The lowest BCUT2D eigenvalue weighted by molar-refractivity contribution is -0.128. The van der Waals surface area contributed by atoms with Gasteiger partial charge in [-0.25, -0.2) is 4.98 Å². The number of benzene rings is 3. The number of hydrogen-bond acceptors (Lipinski definition) is 4. The van der Waals surface area contributed by atoms with E-state index in [0.29, 0.717) is 38.4 Å². The smallest absolute Gasteiger partial charge is 0.223 e. The van der Waals surface area contributed by atoms with Gasteiger partial charge in [0.1, 0.15) is 12.4 Å². The highest BCUT2D eigenvalue weighted by atomic mass is 16.5. The first-order valence-electron chi connectivity index (χ1n) is 11.3. The highest BCUT2D eigenvalue weighted by Crippen LogP contribution is 2.31. The Hall–Kier alpha value is -3.80. The molecule has 5 rings (SSSR count). The predicted molar refractivity (Wildman–Crippen MR) is 127 cm³/mol. The molecule has 1 atom stereocenters. The lowest BCUT2D eigenvalue weighted by atomic mass is 10.1. The first kappa shape index (κ1) is 21.1. The summed E-state index contributed by atoms with van der Waals surface area (Å²) in [5.41, 5.74) is 3.15. The Morgan fingerprint density at radius 1 is 0.939 bits per heavy atom. The van der Waals surface area contributed by atoms with E-state index in [0.717, 1.165) is 28.2 Å². The molecule has 0 unspecified atom stereocenters. The molecule has 2 heterocycles. The average molecular weight is 442 g/mol. The second-order valence-corrected chi connectivity index (χ2v) is 8.27. The van der Waals surface area contributed by atoms with Crippen LogP contribution in [0.3, 0.4) is 0 Å². The molecular formula is C27H27N3O3. The zero-order valence-electron chi connectivity index (χ0n) is 18.7. The van der Waals surface area contributed by atoms with Crippen LogP contribution in [-0.4, -0.2) is 40.6 Å². The Balaban J connectivity index is 1.36. The number of aromatic nitrogens is 2. The van der Waals surface area contributed by atoms with Crippen LogP contribution >= 0.6 is 0 Å². The van der Waals surface area contributed by atoms with Crippen LogP contribution in [-0.2, 0) is 17.9 Å². The molecule has 1 fully saturated rings. The van der Waals surface area contributed by atoms with Gasteiger partial charge in [0, 0.05) is 25.4 Å². The van der Waals surface area contributed by atoms with Gasteiger partial charge in [-0.05, 0) is 29.8 Å². The Labute approximate surface area is 193 Å². The molecule has 1 aromatic heterocycles. The van der Waals surface area contributed by atoms with Crippen molar-refractivity contribution in [3.63, 3.8) is 0 Å². The van der Waals surface area contributed by atoms with Crippen LogP contribution in [0.1, 0.15) is 23.7 Å². The topological polar surface area (TPSA) is 56.6 Å². The van der Waals surface area contributed by atoms with Gasteiger partial charge in [-0.1, -0.05) is 54.6 Å². The van der Waals surface area contributed by atoms with Crippen LogP contribution in [0.5, 0.6) is 11.5 Å². The van der Waals surface area contributed by atoms with Gasteiger partial charge in [-0.3, -0.25) is 4.79 Å². The lowest BCUT2D eigenvalue weighted by Gasteiger charge is -2.18. The summed E-state index contributed by atoms with van der Waals surface area (Å²) < 4.78 is 13.6.